The molecular weight excluding hydrogens is 324 g/mol. The fourth-order valence-electron chi connectivity index (χ4n) is 1.37. The highest BCUT2D eigenvalue weighted by Gasteiger charge is 2.52. The second kappa shape index (κ2) is 7.94. The van der Waals surface area contributed by atoms with Crippen molar-refractivity contribution in [3.63, 3.8) is 0 Å². The summed E-state index contributed by atoms with van der Waals surface area (Å²) in [5.41, 5.74) is 0. The number of carbonyl (C=O) groups is 2. The Morgan fingerprint density at radius 1 is 1.13 bits per heavy atom. The first-order valence-electron chi connectivity index (χ1n) is 7.01. The van der Waals surface area contributed by atoms with Gasteiger partial charge in [-0.2, -0.15) is 8.78 Å². The zero-order valence-corrected chi connectivity index (χ0v) is 13.8. The minimum Gasteiger partial charge on any atom is -0.464 e. The molecule has 0 heterocycles. The molecule has 0 spiro atoms. The highest BCUT2D eigenvalue weighted by molar-refractivity contribution is 5.82. The molecule has 5 nitrogen and oxygen atoms in total. The predicted octanol–water partition coefficient (Wildman–Crippen LogP) is 3.16. The van der Waals surface area contributed by atoms with Crippen molar-refractivity contribution in [2.24, 2.45) is 5.92 Å². The molecule has 0 aromatic heterocycles. The number of alkyl halides is 4. The predicted molar refractivity (Wildman–Crippen MR) is 72.1 cm³/mol. The standard InChI is InChI=1S/C14H22F4O5/c1-6-9(2)10(19)23-12(3,11(20)21-5)22-8-7-14(17,18)13(4,15)16/h9H,6-8H2,1-5H3. The Kier molecular flexibility index (Phi) is 7.46. The maximum Gasteiger partial charge on any atom is 0.379 e. The van der Waals surface area contributed by atoms with Crippen molar-refractivity contribution >= 4 is 11.9 Å². The Bertz CT molecular complexity index is 422. The van der Waals surface area contributed by atoms with E-state index in [-0.39, 0.29) is 6.92 Å². The number of rotatable bonds is 9. The highest BCUT2D eigenvalue weighted by atomic mass is 19.3. The third-order valence-corrected chi connectivity index (χ3v) is 3.30. The number of methoxy groups -OCH3 is 1. The number of hydrogen-bond acceptors (Lipinski definition) is 5. The van der Waals surface area contributed by atoms with Crippen molar-refractivity contribution < 1.29 is 41.4 Å². The summed E-state index contributed by atoms with van der Waals surface area (Å²) in [5.74, 6) is -13.4. The van der Waals surface area contributed by atoms with Crippen molar-refractivity contribution in [2.45, 2.75) is 58.2 Å². The van der Waals surface area contributed by atoms with Crippen LogP contribution < -0.4 is 0 Å². The first-order valence-corrected chi connectivity index (χ1v) is 7.01. The number of halogens is 4. The quantitative estimate of drug-likeness (QED) is 0.365. The molecular formula is C14H22F4O5. The lowest BCUT2D eigenvalue weighted by atomic mass is 10.1. The second-order valence-corrected chi connectivity index (χ2v) is 5.36. The van der Waals surface area contributed by atoms with E-state index in [1.807, 2.05) is 0 Å². The molecule has 0 aliphatic carbocycles. The summed E-state index contributed by atoms with van der Waals surface area (Å²) in [6.07, 6.45) is -0.944. The van der Waals surface area contributed by atoms with Gasteiger partial charge in [0.15, 0.2) is 0 Å². The lowest BCUT2D eigenvalue weighted by Gasteiger charge is -2.29. The van der Waals surface area contributed by atoms with Crippen LogP contribution >= 0.6 is 0 Å². The fourth-order valence-corrected chi connectivity index (χ4v) is 1.37. The van der Waals surface area contributed by atoms with Crippen LogP contribution in [-0.2, 0) is 23.8 Å². The molecule has 136 valence electrons. The van der Waals surface area contributed by atoms with Gasteiger partial charge in [-0.1, -0.05) is 13.8 Å². The SMILES string of the molecule is CCC(C)C(=O)OC(C)(OCCC(F)(F)C(C)(F)F)C(=O)OC. The van der Waals surface area contributed by atoms with Crippen LogP contribution in [-0.4, -0.2) is 43.3 Å². The van der Waals surface area contributed by atoms with Gasteiger partial charge >= 0.3 is 29.6 Å². The summed E-state index contributed by atoms with van der Waals surface area (Å²) in [7, 11) is 0.982. The Morgan fingerprint density at radius 2 is 1.65 bits per heavy atom. The van der Waals surface area contributed by atoms with Crippen LogP contribution in [0.3, 0.4) is 0 Å². The molecule has 0 aliphatic rings. The highest BCUT2D eigenvalue weighted by Crippen LogP contribution is 2.36. The summed E-state index contributed by atoms with van der Waals surface area (Å²) in [6.45, 7) is 3.38. The molecule has 2 atom stereocenters. The second-order valence-electron chi connectivity index (χ2n) is 5.36. The van der Waals surface area contributed by atoms with Crippen LogP contribution in [0, 0.1) is 5.92 Å². The van der Waals surface area contributed by atoms with Gasteiger partial charge in [0, 0.05) is 20.3 Å². The van der Waals surface area contributed by atoms with Gasteiger partial charge in [0.25, 0.3) is 0 Å². The van der Waals surface area contributed by atoms with Gasteiger partial charge in [0.2, 0.25) is 0 Å². The van der Waals surface area contributed by atoms with Crippen LogP contribution in [0.5, 0.6) is 0 Å². The van der Waals surface area contributed by atoms with Crippen LogP contribution in [0.4, 0.5) is 17.6 Å². The lowest BCUT2D eigenvalue weighted by molar-refractivity contribution is -0.250. The Balaban J connectivity index is 4.94. The molecule has 0 saturated carbocycles. The Hall–Kier alpha value is -1.38. The van der Waals surface area contributed by atoms with E-state index in [0.29, 0.717) is 6.42 Å². The normalized spacial score (nSPS) is 16.4. The molecule has 23 heavy (non-hydrogen) atoms. The third kappa shape index (κ3) is 5.96. The molecule has 0 aromatic rings. The van der Waals surface area contributed by atoms with Gasteiger partial charge in [-0.3, -0.25) is 4.79 Å². The van der Waals surface area contributed by atoms with Crippen LogP contribution in [0.25, 0.3) is 0 Å². The van der Waals surface area contributed by atoms with Crippen molar-refractivity contribution in [1.82, 2.24) is 0 Å². The topological polar surface area (TPSA) is 61.8 Å². The van der Waals surface area contributed by atoms with E-state index in [2.05, 4.69) is 4.74 Å². The van der Waals surface area contributed by atoms with E-state index in [0.717, 1.165) is 14.0 Å². The van der Waals surface area contributed by atoms with Crippen molar-refractivity contribution in [2.75, 3.05) is 13.7 Å². The maximum absolute atomic E-state index is 13.2. The average Bonchev–Trinajstić information content (AvgIpc) is 2.43. The van der Waals surface area contributed by atoms with Gasteiger partial charge in [0.1, 0.15) is 0 Å². The van der Waals surface area contributed by atoms with E-state index in [9.17, 15) is 27.2 Å². The number of esters is 2. The van der Waals surface area contributed by atoms with E-state index >= 15 is 0 Å². The summed E-state index contributed by atoms with van der Waals surface area (Å²) >= 11 is 0. The molecule has 0 rings (SSSR count). The van der Waals surface area contributed by atoms with Gasteiger partial charge in [0.05, 0.1) is 19.6 Å². The Morgan fingerprint density at radius 3 is 2.04 bits per heavy atom. The molecule has 0 fully saturated rings. The van der Waals surface area contributed by atoms with Crippen LogP contribution in [0.2, 0.25) is 0 Å². The van der Waals surface area contributed by atoms with Crippen molar-refractivity contribution in [1.29, 1.82) is 0 Å². The van der Waals surface area contributed by atoms with E-state index in [1.54, 1.807) is 6.92 Å². The van der Waals surface area contributed by atoms with Gasteiger partial charge in [-0.25, -0.2) is 13.6 Å². The molecule has 9 heteroatoms. The van der Waals surface area contributed by atoms with Crippen LogP contribution in [0.15, 0.2) is 0 Å². The molecule has 0 radical (unpaired) electrons. The molecule has 0 aromatic carbocycles. The Labute approximate surface area is 132 Å². The summed E-state index contributed by atoms with van der Waals surface area (Å²) < 4.78 is 65.9. The average molecular weight is 346 g/mol. The lowest BCUT2D eigenvalue weighted by Crippen LogP contribution is -2.46. The zero-order chi connectivity index (χ0) is 18.5. The van der Waals surface area contributed by atoms with Gasteiger partial charge in [-0.05, 0) is 6.42 Å². The van der Waals surface area contributed by atoms with Gasteiger partial charge in [-0.15, -0.1) is 0 Å². The minimum atomic E-state index is -4.33. The van der Waals surface area contributed by atoms with Crippen molar-refractivity contribution in [3.05, 3.63) is 0 Å². The summed E-state index contributed by atoms with van der Waals surface area (Å²) in [6, 6.07) is 0. The monoisotopic (exact) mass is 346 g/mol. The maximum atomic E-state index is 13.2. The number of carbonyl (C=O) groups excluding carboxylic acids is 2. The van der Waals surface area contributed by atoms with E-state index in [4.69, 9.17) is 9.47 Å². The summed E-state index contributed by atoms with van der Waals surface area (Å²) in [4.78, 5) is 23.4. The molecule has 0 bridgehead atoms. The van der Waals surface area contributed by atoms with Crippen LogP contribution in [0.1, 0.15) is 40.5 Å². The van der Waals surface area contributed by atoms with Crippen molar-refractivity contribution in [3.8, 4) is 0 Å². The van der Waals surface area contributed by atoms with E-state index in [1.165, 1.54) is 6.92 Å². The molecule has 0 aliphatic heterocycles. The zero-order valence-electron chi connectivity index (χ0n) is 13.8. The number of hydrogen-bond donors (Lipinski definition) is 0. The number of ether oxygens (including phenoxy) is 3. The molecule has 0 N–H and O–H groups in total. The van der Waals surface area contributed by atoms with E-state index < -0.39 is 48.5 Å². The molecule has 0 saturated heterocycles. The molecule has 0 amide bonds. The van der Waals surface area contributed by atoms with Gasteiger partial charge < -0.3 is 14.2 Å². The first-order chi connectivity index (χ1) is 10.3. The third-order valence-electron chi connectivity index (χ3n) is 3.30. The fraction of sp³-hybridized carbons (Fsp3) is 0.857. The first kappa shape index (κ1) is 21.6. The smallest absolute Gasteiger partial charge is 0.379 e. The largest absolute Gasteiger partial charge is 0.464 e. The summed E-state index contributed by atoms with van der Waals surface area (Å²) in [5, 5.41) is 0. The molecule has 2 unspecified atom stereocenters. The minimum absolute atomic E-state index is 0.0788.